The molecule has 0 saturated carbocycles. The molecule has 2 aromatic carbocycles. The van der Waals surface area contributed by atoms with Gasteiger partial charge >= 0.3 is 0 Å². The molecule has 25 heavy (non-hydrogen) atoms. The van der Waals surface area contributed by atoms with Crippen LogP contribution in [0.1, 0.15) is 23.6 Å². The number of aromatic nitrogens is 2. The smallest absolute Gasteiger partial charge is 0.124 e. The van der Waals surface area contributed by atoms with Crippen molar-refractivity contribution < 1.29 is 9.84 Å². The average molecular weight is 337 g/mol. The molecule has 0 atom stereocenters. The van der Waals surface area contributed by atoms with Crippen LogP contribution in [0.15, 0.2) is 48.7 Å². The number of anilines is 1. The minimum Gasteiger partial charge on any atom is -0.494 e. The fourth-order valence-corrected chi connectivity index (χ4v) is 2.80. The maximum absolute atomic E-state index is 9.52. The molecule has 3 N–H and O–H groups in total. The van der Waals surface area contributed by atoms with E-state index in [-0.39, 0.29) is 6.61 Å². The number of nitrogens with zero attached hydrogens (tertiary/aromatic N) is 1. The molecular weight excluding hydrogens is 314 g/mol. The summed E-state index contributed by atoms with van der Waals surface area (Å²) in [5, 5.41) is 20.2. The first-order valence-electron chi connectivity index (χ1n) is 8.41. The number of aryl methyl sites for hydroxylation is 1. The normalized spacial score (nSPS) is 10.7. The average Bonchev–Trinajstić information content (AvgIpc) is 3.09. The second-order valence-corrected chi connectivity index (χ2v) is 5.91. The van der Waals surface area contributed by atoms with Gasteiger partial charge in [-0.1, -0.05) is 23.8 Å². The monoisotopic (exact) mass is 337 g/mol. The van der Waals surface area contributed by atoms with Gasteiger partial charge in [-0.3, -0.25) is 5.10 Å². The van der Waals surface area contributed by atoms with E-state index in [1.807, 2.05) is 37.4 Å². The summed E-state index contributed by atoms with van der Waals surface area (Å²) in [5.74, 6) is 0.722. The summed E-state index contributed by atoms with van der Waals surface area (Å²) in [6.45, 7) is 5.17. The van der Waals surface area contributed by atoms with Gasteiger partial charge in [-0.2, -0.15) is 5.10 Å². The fraction of sp³-hybridized carbons (Fsp3) is 0.250. The van der Waals surface area contributed by atoms with E-state index in [4.69, 9.17) is 4.74 Å². The van der Waals surface area contributed by atoms with Crippen molar-refractivity contribution in [3.63, 3.8) is 0 Å². The van der Waals surface area contributed by atoms with Gasteiger partial charge in [-0.05, 0) is 38.1 Å². The summed E-state index contributed by atoms with van der Waals surface area (Å²) in [5.41, 5.74) is 6.15. The van der Waals surface area contributed by atoms with Gasteiger partial charge in [0.1, 0.15) is 5.75 Å². The Morgan fingerprint density at radius 2 is 2.04 bits per heavy atom. The van der Waals surface area contributed by atoms with Gasteiger partial charge in [0.25, 0.3) is 0 Å². The molecule has 5 heteroatoms. The SMILES string of the molecule is CCOc1ccc(NCc2cn[nH]c2-c2cccc(C)c2)cc1CO. The van der Waals surface area contributed by atoms with E-state index in [0.717, 1.165) is 33.8 Å². The second-order valence-electron chi connectivity index (χ2n) is 5.91. The maximum atomic E-state index is 9.52. The molecule has 0 aliphatic heterocycles. The van der Waals surface area contributed by atoms with Gasteiger partial charge in [0.15, 0.2) is 0 Å². The zero-order chi connectivity index (χ0) is 17.6. The minimum atomic E-state index is -0.0505. The Morgan fingerprint density at radius 3 is 2.80 bits per heavy atom. The molecule has 5 nitrogen and oxygen atoms in total. The number of aliphatic hydroxyl groups excluding tert-OH is 1. The third-order valence-corrected chi connectivity index (χ3v) is 4.04. The van der Waals surface area contributed by atoms with Crippen LogP contribution in [0.5, 0.6) is 5.75 Å². The molecule has 1 aromatic heterocycles. The molecular formula is C20H23N3O2. The van der Waals surface area contributed by atoms with E-state index in [2.05, 4.69) is 40.6 Å². The van der Waals surface area contributed by atoms with Crippen molar-refractivity contribution in [2.75, 3.05) is 11.9 Å². The van der Waals surface area contributed by atoms with Crippen LogP contribution in [-0.4, -0.2) is 21.9 Å². The summed E-state index contributed by atoms with van der Waals surface area (Å²) >= 11 is 0. The van der Waals surface area contributed by atoms with Gasteiger partial charge in [0.2, 0.25) is 0 Å². The number of ether oxygens (including phenoxy) is 1. The molecule has 0 aliphatic carbocycles. The van der Waals surface area contributed by atoms with Crippen LogP contribution < -0.4 is 10.1 Å². The molecule has 1 heterocycles. The van der Waals surface area contributed by atoms with Crippen molar-refractivity contribution in [1.82, 2.24) is 10.2 Å². The van der Waals surface area contributed by atoms with Crippen LogP contribution in [-0.2, 0) is 13.2 Å². The largest absolute Gasteiger partial charge is 0.494 e. The molecule has 0 amide bonds. The van der Waals surface area contributed by atoms with Crippen LogP contribution >= 0.6 is 0 Å². The molecule has 0 bridgehead atoms. The Balaban J connectivity index is 1.76. The Labute approximate surface area is 147 Å². The third-order valence-electron chi connectivity index (χ3n) is 4.04. The van der Waals surface area contributed by atoms with Crippen LogP contribution in [0.2, 0.25) is 0 Å². The van der Waals surface area contributed by atoms with Crippen molar-refractivity contribution in [3.05, 3.63) is 65.4 Å². The maximum Gasteiger partial charge on any atom is 0.124 e. The zero-order valence-electron chi connectivity index (χ0n) is 14.5. The van der Waals surface area contributed by atoms with Crippen LogP contribution in [0.4, 0.5) is 5.69 Å². The van der Waals surface area contributed by atoms with Crippen molar-refractivity contribution in [2.45, 2.75) is 27.0 Å². The molecule has 3 aromatic rings. The van der Waals surface area contributed by atoms with Gasteiger partial charge in [-0.15, -0.1) is 0 Å². The highest BCUT2D eigenvalue weighted by Gasteiger charge is 2.09. The third kappa shape index (κ3) is 4.00. The van der Waals surface area contributed by atoms with Crippen molar-refractivity contribution in [1.29, 1.82) is 0 Å². The standard InChI is InChI=1S/C20H23N3O2/c1-3-25-19-8-7-18(10-16(19)13-24)21-11-17-12-22-23-20(17)15-6-4-5-14(2)9-15/h4-10,12,21,24H,3,11,13H2,1-2H3,(H,22,23). The topological polar surface area (TPSA) is 70.2 Å². The summed E-state index contributed by atoms with van der Waals surface area (Å²) in [6, 6.07) is 14.1. The van der Waals surface area contributed by atoms with Crippen LogP contribution in [0, 0.1) is 6.92 Å². The summed E-state index contributed by atoms with van der Waals surface area (Å²) < 4.78 is 5.52. The molecule has 0 radical (unpaired) electrons. The predicted molar refractivity (Wildman–Crippen MR) is 99.6 cm³/mol. The number of aliphatic hydroxyl groups is 1. The Kier molecular flexibility index (Phi) is 5.36. The molecule has 0 spiro atoms. The Hall–Kier alpha value is -2.79. The Bertz CT molecular complexity index is 842. The lowest BCUT2D eigenvalue weighted by Crippen LogP contribution is -2.02. The van der Waals surface area contributed by atoms with E-state index in [0.29, 0.717) is 13.2 Å². The molecule has 0 saturated heterocycles. The molecule has 0 fully saturated rings. The number of nitrogens with one attached hydrogen (secondary N) is 2. The molecule has 0 aliphatic rings. The van der Waals surface area contributed by atoms with E-state index in [1.165, 1.54) is 5.56 Å². The fourth-order valence-electron chi connectivity index (χ4n) is 2.80. The molecule has 0 unspecified atom stereocenters. The lowest BCUT2D eigenvalue weighted by atomic mass is 10.1. The van der Waals surface area contributed by atoms with E-state index >= 15 is 0 Å². The highest BCUT2D eigenvalue weighted by atomic mass is 16.5. The number of H-pyrrole nitrogens is 1. The number of hydrogen-bond donors (Lipinski definition) is 3. The quantitative estimate of drug-likeness (QED) is 0.612. The van der Waals surface area contributed by atoms with Crippen LogP contribution in [0.25, 0.3) is 11.3 Å². The van der Waals surface area contributed by atoms with Gasteiger partial charge in [-0.25, -0.2) is 0 Å². The first-order chi connectivity index (χ1) is 12.2. The summed E-state index contributed by atoms with van der Waals surface area (Å²) in [6.07, 6.45) is 1.84. The summed E-state index contributed by atoms with van der Waals surface area (Å²) in [4.78, 5) is 0. The first-order valence-corrected chi connectivity index (χ1v) is 8.41. The first kappa shape index (κ1) is 17.0. The van der Waals surface area contributed by atoms with Crippen molar-refractivity contribution in [3.8, 4) is 17.0 Å². The van der Waals surface area contributed by atoms with Gasteiger partial charge in [0, 0.05) is 28.9 Å². The highest BCUT2D eigenvalue weighted by Crippen LogP contribution is 2.25. The lowest BCUT2D eigenvalue weighted by molar-refractivity contribution is 0.267. The van der Waals surface area contributed by atoms with Crippen LogP contribution in [0.3, 0.4) is 0 Å². The summed E-state index contributed by atoms with van der Waals surface area (Å²) in [7, 11) is 0. The Morgan fingerprint density at radius 1 is 1.16 bits per heavy atom. The highest BCUT2D eigenvalue weighted by molar-refractivity contribution is 5.64. The zero-order valence-corrected chi connectivity index (χ0v) is 14.5. The number of rotatable bonds is 7. The predicted octanol–water partition coefficient (Wildman–Crippen LogP) is 3.89. The van der Waals surface area contributed by atoms with Gasteiger partial charge < -0.3 is 15.2 Å². The lowest BCUT2D eigenvalue weighted by Gasteiger charge is -2.12. The van der Waals surface area contributed by atoms with E-state index in [1.54, 1.807) is 0 Å². The van der Waals surface area contributed by atoms with E-state index in [9.17, 15) is 5.11 Å². The molecule has 130 valence electrons. The van der Waals surface area contributed by atoms with E-state index < -0.39 is 0 Å². The van der Waals surface area contributed by atoms with Crippen molar-refractivity contribution >= 4 is 5.69 Å². The number of hydrogen-bond acceptors (Lipinski definition) is 4. The number of aromatic amines is 1. The number of benzene rings is 2. The second kappa shape index (κ2) is 7.85. The minimum absolute atomic E-state index is 0.0505. The molecule has 3 rings (SSSR count). The van der Waals surface area contributed by atoms with Gasteiger partial charge in [0.05, 0.1) is 25.1 Å². The van der Waals surface area contributed by atoms with Crippen molar-refractivity contribution in [2.24, 2.45) is 0 Å².